The van der Waals surface area contributed by atoms with E-state index in [1.165, 1.54) is 4.80 Å². The van der Waals surface area contributed by atoms with Crippen LogP contribution in [0.25, 0.3) is 0 Å². The number of tetrazole rings is 1. The summed E-state index contributed by atoms with van der Waals surface area (Å²) < 4.78 is 5.53. The standard InChI is InChI=1S/C9H19N5O/c1-7(2)15-6-8(10-3)5-9-11-13-14(4)12-9/h7-8,10H,5-6H2,1-4H3. The van der Waals surface area contributed by atoms with Gasteiger partial charge >= 0.3 is 0 Å². The smallest absolute Gasteiger partial charge is 0.176 e. The lowest BCUT2D eigenvalue weighted by Crippen LogP contribution is -2.34. The second kappa shape index (κ2) is 5.77. The van der Waals surface area contributed by atoms with Gasteiger partial charge in [0.25, 0.3) is 0 Å². The zero-order valence-corrected chi connectivity index (χ0v) is 9.77. The fourth-order valence-corrected chi connectivity index (χ4v) is 1.18. The molecule has 0 amide bonds. The molecule has 6 nitrogen and oxygen atoms in total. The van der Waals surface area contributed by atoms with Gasteiger partial charge in [0.15, 0.2) is 5.82 Å². The van der Waals surface area contributed by atoms with E-state index in [0.29, 0.717) is 6.61 Å². The first kappa shape index (κ1) is 12.1. The highest BCUT2D eigenvalue weighted by Gasteiger charge is 2.11. The molecule has 0 bridgehead atoms. The Kier molecular flexibility index (Phi) is 4.64. The molecule has 0 aliphatic carbocycles. The van der Waals surface area contributed by atoms with Gasteiger partial charge in [-0.2, -0.15) is 4.80 Å². The summed E-state index contributed by atoms with van der Waals surface area (Å²) in [4.78, 5) is 1.46. The van der Waals surface area contributed by atoms with Crippen molar-refractivity contribution in [1.29, 1.82) is 0 Å². The Hall–Kier alpha value is -1.01. The molecule has 0 aliphatic heterocycles. The van der Waals surface area contributed by atoms with E-state index >= 15 is 0 Å². The molecule has 1 aromatic rings. The lowest BCUT2D eigenvalue weighted by Gasteiger charge is -2.16. The lowest BCUT2D eigenvalue weighted by molar-refractivity contribution is 0.0624. The second-order valence-corrected chi connectivity index (χ2v) is 3.77. The molecule has 0 spiro atoms. The molecule has 1 rings (SSSR count). The second-order valence-electron chi connectivity index (χ2n) is 3.77. The van der Waals surface area contributed by atoms with Crippen LogP contribution in [0, 0.1) is 0 Å². The van der Waals surface area contributed by atoms with Gasteiger partial charge < -0.3 is 10.1 Å². The number of nitrogens with zero attached hydrogens (tertiary/aromatic N) is 4. The van der Waals surface area contributed by atoms with Crippen molar-refractivity contribution >= 4 is 0 Å². The first-order valence-electron chi connectivity index (χ1n) is 5.13. The van der Waals surface area contributed by atoms with E-state index in [4.69, 9.17) is 4.74 Å². The molecule has 0 saturated carbocycles. The Morgan fingerprint density at radius 1 is 1.47 bits per heavy atom. The number of nitrogens with one attached hydrogen (secondary N) is 1. The van der Waals surface area contributed by atoms with Crippen LogP contribution in [0.1, 0.15) is 19.7 Å². The molecule has 0 saturated heterocycles. The van der Waals surface area contributed by atoms with Crippen LogP contribution in [0.2, 0.25) is 0 Å². The molecule has 0 radical (unpaired) electrons. The minimum absolute atomic E-state index is 0.233. The summed E-state index contributed by atoms with van der Waals surface area (Å²) in [6.45, 7) is 4.70. The highest BCUT2D eigenvalue weighted by Crippen LogP contribution is 1.97. The molecule has 6 heteroatoms. The molecule has 1 unspecified atom stereocenters. The number of hydrogen-bond acceptors (Lipinski definition) is 5. The summed E-state index contributed by atoms with van der Waals surface area (Å²) in [6.07, 6.45) is 0.979. The van der Waals surface area contributed by atoms with Crippen molar-refractivity contribution in [3.05, 3.63) is 5.82 Å². The zero-order chi connectivity index (χ0) is 11.3. The van der Waals surface area contributed by atoms with E-state index in [9.17, 15) is 0 Å². The number of likely N-dealkylation sites (N-methyl/N-ethyl adjacent to an activating group) is 1. The Morgan fingerprint density at radius 3 is 2.67 bits per heavy atom. The first-order chi connectivity index (χ1) is 7.11. The fraction of sp³-hybridized carbons (Fsp3) is 0.889. The third-order valence-corrected chi connectivity index (χ3v) is 2.02. The number of ether oxygens (including phenoxy) is 1. The van der Waals surface area contributed by atoms with Crippen molar-refractivity contribution in [2.45, 2.75) is 32.4 Å². The maximum Gasteiger partial charge on any atom is 0.176 e. The summed E-state index contributed by atoms with van der Waals surface area (Å²) in [5.41, 5.74) is 0. The van der Waals surface area contributed by atoms with Crippen LogP contribution in [0.5, 0.6) is 0 Å². The Bertz CT molecular complexity index is 286. The molecule has 0 aliphatic rings. The van der Waals surface area contributed by atoms with Crippen molar-refractivity contribution in [2.75, 3.05) is 13.7 Å². The Morgan fingerprint density at radius 2 is 2.20 bits per heavy atom. The largest absolute Gasteiger partial charge is 0.377 e. The van der Waals surface area contributed by atoms with Crippen molar-refractivity contribution in [1.82, 2.24) is 25.5 Å². The van der Waals surface area contributed by atoms with Crippen molar-refractivity contribution in [3.8, 4) is 0 Å². The number of rotatable bonds is 6. The number of aryl methyl sites for hydroxylation is 1. The third-order valence-electron chi connectivity index (χ3n) is 2.02. The predicted molar refractivity (Wildman–Crippen MR) is 56.4 cm³/mol. The molecular formula is C9H19N5O. The van der Waals surface area contributed by atoms with Crippen LogP contribution in [-0.4, -0.2) is 46.0 Å². The average Bonchev–Trinajstić information content (AvgIpc) is 2.58. The quantitative estimate of drug-likeness (QED) is 0.707. The average molecular weight is 213 g/mol. The molecule has 0 fully saturated rings. The van der Waals surface area contributed by atoms with Crippen molar-refractivity contribution in [2.24, 2.45) is 7.05 Å². The van der Waals surface area contributed by atoms with Crippen molar-refractivity contribution < 1.29 is 4.74 Å². The van der Waals surface area contributed by atoms with Crippen LogP contribution < -0.4 is 5.32 Å². The molecular weight excluding hydrogens is 194 g/mol. The van der Waals surface area contributed by atoms with Crippen LogP contribution in [0.3, 0.4) is 0 Å². The summed E-state index contributed by atoms with van der Waals surface area (Å²) in [6, 6.07) is 0.233. The van der Waals surface area contributed by atoms with Gasteiger partial charge in [-0.15, -0.1) is 10.2 Å². The minimum atomic E-state index is 0.233. The van der Waals surface area contributed by atoms with E-state index in [0.717, 1.165) is 12.2 Å². The lowest BCUT2D eigenvalue weighted by atomic mass is 10.2. The number of hydrogen-bond donors (Lipinski definition) is 1. The summed E-state index contributed by atoms with van der Waals surface area (Å²) >= 11 is 0. The van der Waals surface area contributed by atoms with E-state index in [-0.39, 0.29) is 12.1 Å². The van der Waals surface area contributed by atoms with Gasteiger partial charge in [-0.3, -0.25) is 0 Å². The third kappa shape index (κ3) is 4.35. The van der Waals surface area contributed by atoms with E-state index in [1.807, 2.05) is 20.9 Å². The first-order valence-corrected chi connectivity index (χ1v) is 5.13. The molecule has 1 N–H and O–H groups in total. The molecule has 86 valence electrons. The van der Waals surface area contributed by atoms with E-state index < -0.39 is 0 Å². The van der Waals surface area contributed by atoms with Gasteiger partial charge in [0, 0.05) is 12.5 Å². The van der Waals surface area contributed by atoms with Gasteiger partial charge in [0.05, 0.1) is 19.8 Å². The topological polar surface area (TPSA) is 64.9 Å². The summed E-state index contributed by atoms with van der Waals surface area (Å²) in [7, 11) is 3.67. The van der Waals surface area contributed by atoms with Gasteiger partial charge in [-0.05, 0) is 26.1 Å². The maximum absolute atomic E-state index is 5.53. The zero-order valence-electron chi connectivity index (χ0n) is 9.77. The van der Waals surface area contributed by atoms with Crippen LogP contribution in [-0.2, 0) is 18.2 Å². The fourth-order valence-electron chi connectivity index (χ4n) is 1.18. The van der Waals surface area contributed by atoms with E-state index in [1.54, 1.807) is 7.05 Å². The molecule has 1 atom stereocenters. The highest BCUT2D eigenvalue weighted by molar-refractivity contribution is 4.83. The highest BCUT2D eigenvalue weighted by atomic mass is 16.5. The molecule has 0 aromatic carbocycles. The van der Waals surface area contributed by atoms with Gasteiger partial charge in [0.2, 0.25) is 0 Å². The predicted octanol–water partition coefficient (Wildman–Crippen LogP) is -0.234. The van der Waals surface area contributed by atoms with Crippen LogP contribution in [0.4, 0.5) is 0 Å². The van der Waals surface area contributed by atoms with Crippen LogP contribution >= 0.6 is 0 Å². The van der Waals surface area contributed by atoms with Gasteiger partial charge in [-0.1, -0.05) is 0 Å². The van der Waals surface area contributed by atoms with Gasteiger partial charge in [-0.25, -0.2) is 0 Å². The maximum atomic E-state index is 5.53. The minimum Gasteiger partial charge on any atom is -0.377 e. The normalized spacial score (nSPS) is 13.4. The van der Waals surface area contributed by atoms with Crippen molar-refractivity contribution in [3.63, 3.8) is 0 Å². The Labute approximate surface area is 90.0 Å². The SMILES string of the molecule is CNC(COC(C)C)Cc1nnn(C)n1. The number of aromatic nitrogens is 4. The summed E-state index contributed by atoms with van der Waals surface area (Å²) in [5.74, 6) is 0.740. The Balaban J connectivity index is 2.39. The monoisotopic (exact) mass is 213 g/mol. The molecule has 1 heterocycles. The van der Waals surface area contributed by atoms with Gasteiger partial charge in [0.1, 0.15) is 0 Å². The van der Waals surface area contributed by atoms with E-state index in [2.05, 4.69) is 20.7 Å². The van der Waals surface area contributed by atoms with Crippen LogP contribution in [0.15, 0.2) is 0 Å². The molecule has 15 heavy (non-hydrogen) atoms. The molecule has 1 aromatic heterocycles. The summed E-state index contributed by atoms with van der Waals surface area (Å²) in [5, 5.41) is 15.0.